The Kier molecular flexibility index (Phi) is 5.48. The van der Waals surface area contributed by atoms with Crippen LogP contribution < -0.4 is 5.32 Å². The summed E-state index contributed by atoms with van der Waals surface area (Å²) in [6, 6.07) is -1.48. The molecule has 22 heavy (non-hydrogen) atoms. The number of nitrogens with zero attached hydrogens (tertiary/aromatic N) is 1. The molecule has 0 saturated carbocycles. The third kappa shape index (κ3) is 4.99. The summed E-state index contributed by atoms with van der Waals surface area (Å²) in [7, 11) is 0. The first-order chi connectivity index (χ1) is 10.0. The van der Waals surface area contributed by atoms with E-state index in [4.69, 9.17) is 4.74 Å². The van der Waals surface area contributed by atoms with Crippen molar-refractivity contribution in [3.8, 4) is 0 Å². The van der Waals surface area contributed by atoms with Crippen LogP contribution in [-0.4, -0.2) is 51.8 Å². The molecule has 2 N–H and O–H groups in total. The minimum atomic E-state index is -1.48. The van der Waals surface area contributed by atoms with Crippen molar-refractivity contribution >= 4 is 23.9 Å². The molecule has 1 aliphatic heterocycles. The van der Waals surface area contributed by atoms with Crippen LogP contribution in [0.25, 0.3) is 0 Å². The fraction of sp³-hybridized carbons (Fsp3) is 0.692. The molecule has 0 aromatic rings. The topological polar surface area (TPSA) is 122 Å². The fourth-order valence-electron chi connectivity index (χ4n) is 1.62. The molecule has 1 rings (SSSR count). The van der Waals surface area contributed by atoms with Crippen LogP contribution >= 0.6 is 0 Å². The van der Waals surface area contributed by atoms with Gasteiger partial charge in [-0.05, 0) is 27.7 Å². The number of hydrogen-bond donors (Lipinski definition) is 2. The van der Waals surface area contributed by atoms with Gasteiger partial charge in [-0.2, -0.15) is 0 Å². The summed E-state index contributed by atoms with van der Waals surface area (Å²) in [5.41, 5.74) is -0.794. The van der Waals surface area contributed by atoms with E-state index in [1.54, 1.807) is 20.8 Å². The van der Waals surface area contributed by atoms with Crippen LogP contribution in [0.4, 0.5) is 4.79 Å². The normalized spacial score (nSPS) is 18.0. The Morgan fingerprint density at radius 2 is 1.73 bits per heavy atom. The summed E-state index contributed by atoms with van der Waals surface area (Å²) >= 11 is 0. The van der Waals surface area contributed by atoms with E-state index in [-0.39, 0.29) is 12.8 Å². The summed E-state index contributed by atoms with van der Waals surface area (Å²) in [6.45, 7) is 6.13. The van der Waals surface area contributed by atoms with Crippen molar-refractivity contribution in [2.24, 2.45) is 0 Å². The average Bonchev–Trinajstić information content (AvgIpc) is 2.65. The highest BCUT2D eigenvalue weighted by atomic mass is 16.7. The van der Waals surface area contributed by atoms with E-state index in [0.717, 1.165) is 0 Å². The Hall–Kier alpha value is -2.16. The summed E-state index contributed by atoms with van der Waals surface area (Å²) in [5.74, 6) is -2.44. The van der Waals surface area contributed by atoms with Crippen LogP contribution in [0, 0.1) is 0 Å². The number of alkyl carbamates (subject to hydrolysis) is 1. The molecule has 1 aliphatic rings. The number of hydroxylamine groups is 2. The zero-order valence-corrected chi connectivity index (χ0v) is 12.9. The van der Waals surface area contributed by atoms with E-state index < -0.39 is 41.6 Å². The molecular weight excluding hydrogens is 296 g/mol. The maximum absolute atomic E-state index is 11.9. The number of carbonyl (C=O) groups is 4. The maximum atomic E-state index is 11.9. The highest BCUT2D eigenvalue weighted by molar-refractivity contribution is 6.01. The van der Waals surface area contributed by atoms with Gasteiger partial charge in [-0.15, -0.1) is 5.06 Å². The first-order valence-electron chi connectivity index (χ1n) is 6.76. The van der Waals surface area contributed by atoms with Gasteiger partial charge < -0.3 is 20.0 Å². The Bertz CT molecular complexity index is 465. The zero-order valence-electron chi connectivity index (χ0n) is 12.9. The smallest absolute Gasteiger partial charge is 0.408 e. The van der Waals surface area contributed by atoms with Gasteiger partial charge in [-0.1, -0.05) is 0 Å². The van der Waals surface area contributed by atoms with Crippen LogP contribution in [0.3, 0.4) is 0 Å². The second kappa shape index (κ2) is 6.73. The van der Waals surface area contributed by atoms with Crippen LogP contribution in [0.2, 0.25) is 0 Å². The molecule has 0 radical (unpaired) electrons. The predicted molar refractivity (Wildman–Crippen MR) is 72.0 cm³/mol. The van der Waals surface area contributed by atoms with Gasteiger partial charge in [0.25, 0.3) is 11.8 Å². The third-order valence-electron chi connectivity index (χ3n) is 2.60. The quantitative estimate of drug-likeness (QED) is 0.692. The number of aliphatic hydroxyl groups is 1. The monoisotopic (exact) mass is 316 g/mol. The van der Waals surface area contributed by atoms with Gasteiger partial charge in [0.2, 0.25) is 0 Å². The molecular formula is C13H20N2O7. The van der Waals surface area contributed by atoms with Gasteiger partial charge in [-0.3, -0.25) is 9.59 Å². The molecule has 1 heterocycles. The number of imide groups is 1. The van der Waals surface area contributed by atoms with E-state index in [1.165, 1.54) is 6.92 Å². The second-order valence-electron chi connectivity index (χ2n) is 5.86. The molecule has 0 aromatic carbocycles. The van der Waals surface area contributed by atoms with Crippen molar-refractivity contribution < 1.29 is 33.9 Å². The molecule has 1 saturated heterocycles. The number of rotatable bonds is 4. The molecule has 3 amide bonds. The van der Waals surface area contributed by atoms with Gasteiger partial charge >= 0.3 is 12.1 Å². The number of amides is 3. The molecule has 9 heteroatoms. The number of hydrogen-bond acceptors (Lipinski definition) is 7. The zero-order chi connectivity index (χ0) is 17.1. The fourth-order valence-corrected chi connectivity index (χ4v) is 1.62. The molecule has 0 unspecified atom stereocenters. The van der Waals surface area contributed by atoms with E-state index >= 15 is 0 Å². The first kappa shape index (κ1) is 17.9. The van der Waals surface area contributed by atoms with E-state index in [2.05, 4.69) is 10.2 Å². The Morgan fingerprint density at radius 3 is 2.14 bits per heavy atom. The number of carbonyl (C=O) groups excluding carboxylic acids is 4. The molecule has 1 fully saturated rings. The van der Waals surface area contributed by atoms with Gasteiger partial charge in [0.05, 0.1) is 6.10 Å². The summed E-state index contributed by atoms with van der Waals surface area (Å²) in [4.78, 5) is 51.0. The Labute approximate surface area is 127 Å². The van der Waals surface area contributed by atoms with Gasteiger partial charge in [0, 0.05) is 12.8 Å². The van der Waals surface area contributed by atoms with E-state index in [9.17, 15) is 24.3 Å². The summed E-state index contributed by atoms with van der Waals surface area (Å²) in [6.07, 6.45) is -2.35. The number of ether oxygens (including phenoxy) is 1. The molecule has 0 aromatic heterocycles. The van der Waals surface area contributed by atoms with E-state index in [0.29, 0.717) is 5.06 Å². The number of nitrogens with one attached hydrogen (secondary N) is 1. The van der Waals surface area contributed by atoms with Crippen molar-refractivity contribution in [2.45, 2.75) is 58.3 Å². The minimum Gasteiger partial charge on any atom is -0.444 e. The number of aliphatic hydroxyl groups excluding tert-OH is 1. The highest BCUT2D eigenvalue weighted by Crippen LogP contribution is 2.14. The SMILES string of the molecule is C[C@H](O)[C@@H](NC(=O)OC(C)(C)C)C(=O)ON1C(=O)CCC1=O. The standard InChI is InChI=1S/C13H20N2O7/c1-7(16)10(14-12(20)21-13(2,3)4)11(19)22-15-8(17)5-6-9(15)18/h7,10,16H,5-6H2,1-4H3,(H,14,20)/t7-,10+/m0/s1. The molecule has 124 valence electrons. The van der Waals surface area contributed by atoms with Crippen LogP contribution in [-0.2, 0) is 24.0 Å². The summed E-state index contributed by atoms with van der Waals surface area (Å²) < 4.78 is 4.96. The lowest BCUT2D eigenvalue weighted by Crippen LogP contribution is -2.51. The minimum absolute atomic E-state index is 0.0506. The van der Waals surface area contributed by atoms with Crippen LogP contribution in [0.1, 0.15) is 40.5 Å². The van der Waals surface area contributed by atoms with E-state index in [1.807, 2.05) is 0 Å². The molecule has 0 aliphatic carbocycles. The van der Waals surface area contributed by atoms with Crippen molar-refractivity contribution in [1.29, 1.82) is 0 Å². The lowest BCUT2D eigenvalue weighted by atomic mass is 10.2. The largest absolute Gasteiger partial charge is 0.444 e. The van der Waals surface area contributed by atoms with Crippen LogP contribution in [0.5, 0.6) is 0 Å². The Morgan fingerprint density at radius 1 is 1.23 bits per heavy atom. The van der Waals surface area contributed by atoms with Gasteiger partial charge in [-0.25, -0.2) is 9.59 Å². The molecule has 9 nitrogen and oxygen atoms in total. The van der Waals surface area contributed by atoms with Crippen molar-refractivity contribution in [2.75, 3.05) is 0 Å². The van der Waals surface area contributed by atoms with Crippen molar-refractivity contribution in [3.05, 3.63) is 0 Å². The van der Waals surface area contributed by atoms with Gasteiger partial charge in [0.1, 0.15) is 5.60 Å². The predicted octanol–water partition coefficient (Wildman–Crippen LogP) is -0.132. The molecule has 2 atom stereocenters. The lowest BCUT2D eigenvalue weighted by Gasteiger charge is -2.24. The van der Waals surface area contributed by atoms with Crippen LogP contribution in [0.15, 0.2) is 0 Å². The maximum Gasteiger partial charge on any atom is 0.408 e. The second-order valence-corrected chi connectivity index (χ2v) is 5.86. The average molecular weight is 316 g/mol. The van der Waals surface area contributed by atoms with Crippen molar-refractivity contribution in [3.63, 3.8) is 0 Å². The third-order valence-corrected chi connectivity index (χ3v) is 2.60. The molecule has 0 bridgehead atoms. The van der Waals surface area contributed by atoms with Crippen molar-refractivity contribution in [1.82, 2.24) is 10.4 Å². The highest BCUT2D eigenvalue weighted by Gasteiger charge is 2.37. The first-order valence-corrected chi connectivity index (χ1v) is 6.76. The lowest BCUT2D eigenvalue weighted by molar-refractivity contribution is -0.200. The molecule has 0 spiro atoms. The summed E-state index contributed by atoms with van der Waals surface area (Å²) in [5, 5.41) is 12.1. The Balaban J connectivity index is 2.70. The van der Waals surface area contributed by atoms with Gasteiger partial charge in [0.15, 0.2) is 6.04 Å².